The Kier molecular flexibility index (Phi) is 3.44. The highest BCUT2D eigenvalue weighted by atomic mass is 16.4. The average molecular weight is 328 g/mol. The highest BCUT2D eigenvalue weighted by Crippen LogP contribution is 2.48. The summed E-state index contributed by atoms with van der Waals surface area (Å²) in [7, 11) is 0. The van der Waals surface area contributed by atoms with Crippen LogP contribution in [0.1, 0.15) is 24.8 Å². The molecule has 4 rings (SSSR count). The Balaban J connectivity index is 1.41. The number of carboxylic acids is 1. The van der Waals surface area contributed by atoms with Gasteiger partial charge in [-0.15, -0.1) is 0 Å². The number of nitrogens with zero attached hydrogens (tertiary/aromatic N) is 3. The van der Waals surface area contributed by atoms with Crippen LogP contribution in [0.15, 0.2) is 30.9 Å². The van der Waals surface area contributed by atoms with Crippen molar-refractivity contribution in [2.45, 2.75) is 25.8 Å². The van der Waals surface area contributed by atoms with E-state index in [1.807, 2.05) is 22.7 Å². The van der Waals surface area contributed by atoms with E-state index in [0.717, 1.165) is 23.9 Å². The van der Waals surface area contributed by atoms with Crippen LogP contribution in [0.5, 0.6) is 0 Å². The SMILES string of the molecule is O=C(NCc1ccc2cncn2c1)N1C[C@@H]2CCC[C@@]2(C(=O)O)C1. The maximum atomic E-state index is 12.4. The number of carbonyl (C=O) groups excluding carboxylic acids is 1. The molecule has 0 bridgehead atoms. The van der Waals surface area contributed by atoms with Crippen LogP contribution in [0.2, 0.25) is 0 Å². The molecule has 2 fully saturated rings. The number of amides is 2. The van der Waals surface area contributed by atoms with Crippen LogP contribution in [0.25, 0.3) is 5.52 Å². The van der Waals surface area contributed by atoms with Gasteiger partial charge < -0.3 is 19.7 Å². The lowest BCUT2D eigenvalue weighted by Gasteiger charge is -2.23. The molecule has 2 amide bonds. The molecule has 0 aromatic carbocycles. The van der Waals surface area contributed by atoms with Gasteiger partial charge in [-0.2, -0.15) is 0 Å². The lowest BCUT2D eigenvalue weighted by molar-refractivity contribution is -0.149. The van der Waals surface area contributed by atoms with Crippen LogP contribution in [0.3, 0.4) is 0 Å². The molecule has 7 heteroatoms. The van der Waals surface area contributed by atoms with Crippen molar-refractivity contribution in [3.63, 3.8) is 0 Å². The first-order valence-corrected chi connectivity index (χ1v) is 8.25. The van der Waals surface area contributed by atoms with E-state index >= 15 is 0 Å². The zero-order chi connectivity index (χ0) is 16.7. The molecule has 126 valence electrons. The molecule has 0 spiro atoms. The molecule has 2 atom stereocenters. The van der Waals surface area contributed by atoms with Crippen molar-refractivity contribution in [3.8, 4) is 0 Å². The molecule has 0 radical (unpaired) electrons. The zero-order valence-electron chi connectivity index (χ0n) is 13.3. The monoisotopic (exact) mass is 328 g/mol. The summed E-state index contributed by atoms with van der Waals surface area (Å²) >= 11 is 0. The third-order valence-electron chi connectivity index (χ3n) is 5.50. The minimum atomic E-state index is -0.758. The molecule has 2 N–H and O–H groups in total. The number of nitrogens with one attached hydrogen (secondary N) is 1. The number of urea groups is 1. The van der Waals surface area contributed by atoms with Crippen molar-refractivity contribution in [3.05, 3.63) is 36.4 Å². The Bertz CT molecular complexity index is 802. The fourth-order valence-corrected chi connectivity index (χ4v) is 4.15. The number of hydrogen-bond acceptors (Lipinski definition) is 3. The minimum absolute atomic E-state index is 0.0862. The van der Waals surface area contributed by atoms with Gasteiger partial charge in [-0.3, -0.25) is 4.79 Å². The van der Waals surface area contributed by atoms with Gasteiger partial charge >= 0.3 is 12.0 Å². The smallest absolute Gasteiger partial charge is 0.317 e. The van der Waals surface area contributed by atoms with Crippen molar-refractivity contribution in [2.24, 2.45) is 11.3 Å². The molecule has 1 aliphatic heterocycles. The van der Waals surface area contributed by atoms with E-state index in [1.54, 1.807) is 17.4 Å². The summed E-state index contributed by atoms with van der Waals surface area (Å²) in [6.07, 6.45) is 7.94. The zero-order valence-corrected chi connectivity index (χ0v) is 13.3. The summed E-state index contributed by atoms with van der Waals surface area (Å²) in [5, 5.41) is 12.5. The van der Waals surface area contributed by atoms with Gasteiger partial charge in [-0.25, -0.2) is 9.78 Å². The van der Waals surface area contributed by atoms with Gasteiger partial charge in [0.1, 0.15) is 0 Å². The summed E-state index contributed by atoms with van der Waals surface area (Å²) in [6, 6.07) is 3.72. The third kappa shape index (κ3) is 2.31. The van der Waals surface area contributed by atoms with Gasteiger partial charge in [-0.1, -0.05) is 12.5 Å². The third-order valence-corrected chi connectivity index (χ3v) is 5.50. The van der Waals surface area contributed by atoms with Crippen molar-refractivity contribution in [2.75, 3.05) is 13.1 Å². The quantitative estimate of drug-likeness (QED) is 0.898. The van der Waals surface area contributed by atoms with E-state index in [1.165, 1.54) is 0 Å². The summed E-state index contributed by atoms with van der Waals surface area (Å²) in [5.41, 5.74) is 1.24. The van der Waals surface area contributed by atoms with Crippen LogP contribution in [-0.2, 0) is 11.3 Å². The van der Waals surface area contributed by atoms with Crippen LogP contribution in [0.4, 0.5) is 4.79 Å². The summed E-state index contributed by atoms with van der Waals surface area (Å²) < 4.78 is 1.90. The Hall–Kier alpha value is -2.57. The molecule has 1 saturated heterocycles. The molecule has 2 aromatic heterocycles. The standard InChI is InChI=1S/C17H20N4O3/c22-15(23)17-5-1-2-13(17)9-20(10-17)16(24)19-6-12-3-4-14-7-18-11-21(14)8-12/h3-4,7-8,11,13H,1-2,5-6,9-10H2,(H,19,24)(H,22,23)/t13-,17+/m0/s1. The number of carbonyl (C=O) groups is 2. The first kappa shape index (κ1) is 15.0. The topological polar surface area (TPSA) is 86.9 Å². The molecule has 2 aromatic rings. The van der Waals surface area contributed by atoms with Gasteiger partial charge in [0.15, 0.2) is 0 Å². The fourth-order valence-electron chi connectivity index (χ4n) is 4.15. The number of aliphatic carboxylic acids is 1. The van der Waals surface area contributed by atoms with Gasteiger partial charge in [0.2, 0.25) is 0 Å². The van der Waals surface area contributed by atoms with Gasteiger partial charge in [0.05, 0.1) is 23.5 Å². The minimum Gasteiger partial charge on any atom is -0.481 e. The molecule has 3 heterocycles. The van der Waals surface area contributed by atoms with Crippen LogP contribution in [-0.4, -0.2) is 44.5 Å². The lowest BCUT2D eigenvalue weighted by Crippen LogP contribution is -2.41. The Morgan fingerprint density at radius 1 is 1.42 bits per heavy atom. The second-order valence-corrected chi connectivity index (χ2v) is 6.85. The highest BCUT2D eigenvalue weighted by molar-refractivity contribution is 5.80. The molecule has 1 aliphatic carbocycles. The summed E-state index contributed by atoms with van der Waals surface area (Å²) in [4.78, 5) is 29.8. The summed E-state index contributed by atoms with van der Waals surface area (Å²) in [5.74, 6) is -0.672. The van der Waals surface area contributed by atoms with E-state index in [9.17, 15) is 14.7 Å². The lowest BCUT2D eigenvalue weighted by atomic mass is 9.81. The second-order valence-electron chi connectivity index (χ2n) is 6.85. The van der Waals surface area contributed by atoms with E-state index in [2.05, 4.69) is 10.3 Å². The number of hydrogen-bond donors (Lipinski definition) is 2. The van der Waals surface area contributed by atoms with Crippen LogP contribution in [0, 0.1) is 11.3 Å². The van der Waals surface area contributed by atoms with Gasteiger partial charge in [0, 0.05) is 25.8 Å². The molecular weight excluding hydrogens is 308 g/mol. The van der Waals surface area contributed by atoms with Gasteiger partial charge in [-0.05, 0) is 30.4 Å². The van der Waals surface area contributed by atoms with Crippen molar-refractivity contribution in [1.29, 1.82) is 0 Å². The number of fused-ring (bicyclic) bond motifs is 2. The molecule has 24 heavy (non-hydrogen) atoms. The molecule has 0 unspecified atom stereocenters. The largest absolute Gasteiger partial charge is 0.481 e. The van der Waals surface area contributed by atoms with Crippen molar-refractivity contribution in [1.82, 2.24) is 19.6 Å². The summed E-state index contributed by atoms with van der Waals surface area (Å²) in [6.45, 7) is 1.27. The number of likely N-dealkylation sites (tertiary alicyclic amines) is 1. The van der Waals surface area contributed by atoms with E-state index < -0.39 is 11.4 Å². The first-order valence-electron chi connectivity index (χ1n) is 8.25. The average Bonchev–Trinajstić information content (AvgIpc) is 3.25. The van der Waals surface area contributed by atoms with E-state index in [-0.39, 0.29) is 11.9 Å². The Morgan fingerprint density at radius 3 is 3.08 bits per heavy atom. The first-order chi connectivity index (χ1) is 11.6. The van der Waals surface area contributed by atoms with Crippen LogP contribution >= 0.6 is 0 Å². The second kappa shape index (κ2) is 5.51. The number of carboxylic acid groups (broad SMARTS) is 1. The van der Waals surface area contributed by atoms with Crippen LogP contribution < -0.4 is 5.32 Å². The maximum absolute atomic E-state index is 12.4. The maximum Gasteiger partial charge on any atom is 0.317 e. The number of aromatic nitrogens is 2. The predicted octanol–water partition coefficient (Wildman–Crippen LogP) is 1.73. The molecule has 1 saturated carbocycles. The number of rotatable bonds is 3. The van der Waals surface area contributed by atoms with Crippen molar-refractivity contribution >= 4 is 17.5 Å². The van der Waals surface area contributed by atoms with Gasteiger partial charge in [0.25, 0.3) is 0 Å². The van der Waals surface area contributed by atoms with E-state index in [0.29, 0.717) is 26.1 Å². The molecular formula is C17H20N4O3. The normalized spacial score (nSPS) is 25.8. The molecule has 2 aliphatic rings. The number of imidazole rings is 1. The highest BCUT2D eigenvalue weighted by Gasteiger charge is 2.55. The molecule has 7 nitrogen and oxygen atoms in total. The Labute approximate surface area is 139 Å². The Morgan fingerprint density at radius 2 is 2.29 bits per heavy atom. The fraction of sp³-hybridized carbons (Fsp3) is 0.471. The van der Waals surface area contributed by atoms with Crippen molar-refractivity contribution < 1.29 is 14.7 Å². The van der Waals surface area contributed by atoms with E-state index in [4.69, 9.17) is 0 Å². The number of pyridine rings is 1. The predicted molar refractivity (Wildman–Crippen MR) is 86.4 cm³/mol.